The molecule has 0 radical (unpaired) electrons. The summed E-state index contributed by atoms with van der Waals surface area (Å²) in [6.07, 6.45) is 1.99. The first-order valence-electron chi connectivity index (χ1n) is 12.4. The minimum Gasteiger partial charge on any atom is -0.493 e. The summed E-state index contributed by atoms with van der Waals surface area (Å²) >= 11 is 0. The van der Waals surface area contributed by atoms with E-state index >= 15 is 0 Å². The number of para-hydroxylation sites is 1. The van der Waals surface area contributed by atoms with Gasteiger partial charge in [-0.3, -0.25) is 4.79 Å². The van der Waals surface area contributed by atoms with Crippen LogP contribution in [0.4, 0.5) is 10.1 Å². The molecule has 37 heavy (non-hydrogen) atoms. The summed E-state index contributed by atoms with van der Waals surface area (Å²) in [6.45, 7) is 2.50. The van der Waals surface area contributed by atoms with E-state index in [1.165, 1.54) is 12.1 Å². The lowest BCUT2D eigenvalue weighted by Crippen LogP contribution is -2.30. The van der Waals surface area contributed by atoms with Crippen molar-refractivity contribution in [3.8, 4) is 34.2 Å². The summed E-state index contributed by atoms with van der Waals surface area (Å²) in [7, 11) is 0. The van der Waals surface area contributed by atoms with Crippen LogP contribution >= 0.6 is 0 Å². The van der Waals surface area contributed by atoms with Crippen LogP contribution < -0.4 is 10.1 Å². The van der Waals surface area contributed by atoms with Gasteiger partial charge in [-0.2, -0.15) is 5.26 Å². The van der Waals surface area contributed by atoms with Gasteiger partial charge in [-0.15, -0.1) is 0 Å². The molecule has 2 N–H and O–H groups in total. The van der Waals surface area contributed by atoms with E-state index in [-0.39, 0.29) is 11.6 Å². The molecule has 2 atom stereocenters. The minimum absolute atomic E-state index is 0.261. The van der Waals surface area contributed by atoms with Crippen molar-refractivity contribution >= 4 is 22.6 Å². The Balaban J connectivity index is 1.61. The highest BCUT2D eigenvalue weighted by molar-refractivity contribution is 5.98. The van der Waals surface area contributed by atoms with Gasteiger partial charge in [0.1, 0.15) is 23.2 Å². The van der Waals surface area contributed by atoms with E-state index in [2.05, 4.69) is 11.4 Å². The number of anilines is 1. The number of hydrogen-bond acceptors (Lipinski definition) is 5. The van der Waals surface area contributed by atoms with Gasteiger partial charge < -0.3 is 15.2 Å². The second-order valence-corrected chi connectivity index (χ2v) is 9.12. The Morgan fingerprint density at radius 1 is 1.14 bits per heavy atom. The maximum absolute atomic E-state index is 14.2. The first-order valence-corrected chi connectivity index (χ1v) is 12.4. The van der Waals surface area contributed by atoms with E-state index < -0.39 is 17.7 Å². The molecule has 1 aliphatic rings. The van der Waals surface area contributed by atoms with Gasteiger partial charge in [0.05, 0.1) is 29.4 Å². The number of rotatable bonds is 7. The minimum atomic E-state index is -0.874. The zero-order valence-corrected chi connectivity index (χ0v) is 20.4. The molecular formula is C30H26FN3O3. The van der Waals surface area contributed by atoms with Crippen LogP contribution in [-0.4, -0.2) is 28.7 Å². The van der Waals surface area contributed by atoms with Crippen molar-refractivity contribution in [3.63, 3.8) is 0 Å². The Bertz CT molecular complexity index is 1510. The first-order chi connectivity index (χ1) is 18.0. The van der Waals surface area contributed by atoms with Crippen LogP contribution in [0.1, 0.15) is 31.7 Å². The number of halogens is 1. The van der Waals surface area contributed by atoms with E-state index in [1.54, 1.807) is 6.07 Å². The fourth-order valence-corrected chi connectivity index (χ4v) is 5.11. The molecule has 0 amide bonds. The van der Waals surface area contributed by atoms with Gasteiger partial charge in [0.25, 0.3) is 0 Å². The fraction of sp³-hybridized carbons (Fsp3) is 0.233. The number of aliphatic carboxylic acids is 1. The first kappa shape index (κ1) is 24.3. The third kappa shape index (κ3) is 4.70. The average molecular weight is 496 g/mol. The zero-order valence-electron chi connectivity index (χ0n) is 20.4. The van der Waals surface area contributed by atoms with E-state index in [9.17, 15) is 19.6 Å². The van der Waals surface area contributed by atoms with Crippen molar-refractivity contribution in [2.24, 2.45) is 5.92 Å². The normalized spacial score (nSPS) is 16.9. The predicted octanol–water partition coefficient (Wildman–Crippen LogP) is 6.64. The Hall–Kier alpha value is -4.44. The SMILES string of the molecule is CCOc1ccccc1-c1ccc(-c2nc3ccc(F)cc3c(N[C@@H]3CCC[C@@H]3C(=O)O)c2C#N)cc1. The lowest BCUT2D eigenvalue weighted by atomic mass is 9.97. The van der Waals surface area contributed by atoms with Gasteiger partial charge in [-0.1, -0.05) is 48.9 Å². The highest BCUT2D eigenvalue weighted by Gasteiger charge is 2.34. The number of hydrogen-bond donors (Lipinski definition) is 2. The zero-order chi connectivity index (χ0) is 25.9. The number of ether oxygens (including phenoxy) is 1. The molecule has 0 unspecified atom stereocenters. The highest BCUT2D eigenvalue weighted by atomic mass is 19.1. The van der Waals surface area contributed by atoms with Gasteiger partial charge in [0.15, 0.2) is 0 Å². The average Bonchev–Trinajstić information content (AvgIpc) is 3.38. The maximum Gasteiger partial charge on any atom is 0.308 e. The molecule has 3 aromatic carbocycles. The second kappa shape index (κ2) is 10.3. The van der Waals surface area contributed by atoms with E-state index in [0.29, 0.717) is 41.7 Å². The molecule has 5 rings (SSSR count). The number of benzene rings is 3. The number of carboxylic acids is 1. The highest BCUT2D eigenvalue weighted by Crippen LogP contribution is 2.38. The molecule has 1 fully saturated rings. The smallest absolute Gasteiger partial charge is 0.308 e. The molecule has 0 spiro atoms. The lowest BCUT2D eigenvalue weighted by Gasteiger charge is -2.22. The van der Waals surface area contributed by atoms with Gasteiger partial charge in [-0.25, -0.2) is 9.37 Å². The number of pyridine rings is 1. The Morgan fingerprint density at radius 3 is 2.62 bits per heavy atom. The molecule has 0 aliphatic heterocycles. The number of nitrogens with zero attached hydrogens (tertiary/aromatic N) is 2. The van der Waals surface area contributed by atoms with Crippen LogP contribution in [0.2, 0.25) is 0 Å². The third-order valence-corrected chi connectivity index (χ3v) is 6.88. The van der Waals surface area contributed by atoms with Crippen molar-refractivity contribution < 1.29 is 19.0 Å². The van der Waals surface area contributed by atoms with Crippen LogP contribution in [0.15, 0.2) is 66.7 Å². The summed E-state index contributed by atoms with van der Waals surface area (Å²) < 4.78 is 20.0. The number of nitriles is 1. The Morgan fingerprint density at radius 2 is 1.89 bits per heavy atom. The standard InChI is InChI=1S/C30H26FN3O3/c1-2-37-27-9-4-3-6-21(27)18-10-12-19(13-11-18)28-24(17-32)29(23-16-20(31)14-15-26(23)33-28)34-25-8-5-7-22(25)30(35)36/h3-4,6,9-16,22,25H,2,5,7-8H2,1H3,(H,33,34)(H,35,36)/t22-,25+/m0/s1. The summed E-state index contributed by atoms with van der Waals surface area (Å²) in [5.74, 6) is -1.11. The van der Waals surface area contributed by atoms with Crippen molar-refractivity contribution in [1.82, 2.24) is 4.98 Å². The summed E-state index contributed by atoms with van der Waals surface area (Å²) in [5.41, 5.74) is 4.31. The topological polar surface area (TPSA) is 95.2 Å². The molecule has 7 heteroatoms. The number of carbonyl (C=O) groups is 1. The Labute approximate surface area is 214 Å². The molecule has 0 saturated heterocycles. The van der Waals surface area contributed by atoms with Crippen molar-refractivity contribution in [3.05, 3.63) is 78.1 Å². The van der Waals surface area contributed by atoms with Gasteiger partial charge in [0.2, 0.25) is 0 Å². The fourth-order valence-electron chi connectivity index (χ4n) is 5.11. The molecule has 6 nitrogen and oxygen atoms in total. The number of nitrogens with one attached hydrogen (secondary N) is 1. The molecular weight excluding hydrogens is 469 g/mol. The largest absolute Gasteiger partial charge is 0.493 e. The second-order valence-electron chi connectivity index (χ2n) is 9.12. The van der Waals surface area contributed by atoms with Gasteiger partial charge in [-0.05, 0) is 49.6 Å². The molecule has 1 aliphatic carbocycles. The lowest BCUT2D eigenvalue weighted by molar-refractivity contribution is -0.141. The van der Waals surface area contributed by atoms with Crippen LogP contribution in [0.5, 0.6) is 5.75 Å². The van der Waals surface area contributed by atoms with Crippen molar-refractivity contribution in [2.75, 3.05) is 11.9 Å². The monoisotopic (exact) mass is 495 g/mol. The van der Waals surface area contributed by atoms with Crippen LogP contribution in [0.3, 0.4) is 0 Å². The van der Waals surface area contributed by atoms with E-state index in [1.807, 2.05) is 55.5 Å². The molecule has 186 valence electrons. The molecule has 4 aromatic rings. The van der Waals surface area contributed by atoms with Crippen LogP contribution in [0.25, 0.3) is 33.3 Å². The number of fused-ring (bicyclic) bond motifs is 1. The maximum atomic E-state index is 14.2. The van der Waals surface area contributed by atoms with E-state index in [0.717, 1.165) is 28.9 Å². The third-order valence-electron chi connectivity index (χ3n) is 6.88. The number of aromatic nitrogens is 1. The van der Waals surface area contributed by atoms with Crippen LogP contribution in [0, 0.1) is 23.1 Å². The molecule has 1 aromatic heterocycles. The molecule has 0 bridgehead atoms. The van der Waals surface area contributed by atoms with E-state index in [4.69, 9.17) is 9.72 Å². The molecule has 1 saturated carbocycles. The molecule has 1 heterocycles. The van der Waals surface area contributed by atoms with Crippen LogP contribution in [-0.2, 0) is 4.79 Å². The quantitative estimate of drug-likeness (QED) is 0.298. The van der Waals surface area contributed by atoms with Crippen molar-refractivity contribution in [1.29, 1.82) is 5.26 Å². The van der Waals surface area contributed by atoms with Crippen molar-refractivity contribution in [2.45, 2.75) is 32.2 Å². The summed E-state index contributed by atoms with van der Waals surface area (Å²) in [5, 5.41) is 23.6. The van der Waals surface area contributed by atoms with Gasteiger partial charge in [0, 0.05) is 22.6 Å². The predicted molar refractivity (Wildman–Crippen MR) is 141 cm³/mol. The number of carboxylic acid groups (broad SMARTS) is 1. The summed E-state index contributed by atoms with van der Waals surface area (Å²) in [6, 6.07) is 21.6. The Kier molecular flexibility index (Phi) is 6.74. The van der Waals surface area contributed by atoms with Gasteiger partial charge >= 0.3 is 5.97 Å². The summed E-state index contributed by atoms with van der Waals surface area (Å²) in [4.78, 5) is 16.5.